The third-order valence-corrected chi connectivity index (χ3v) is 7.98. The van der Waals surface area contributed by atoms with Gasteiger partial charge in [-0.2, -0.15) is 9.40 Å². The Morgan fingerprint density at radius 1 is 1.31 bits per heavy atom. The van der Waals surface area contributed by atoms with Crippen LogP contribution in [0.2, 0.25) is 0 Å². The van der Waals surface area contributed by atoms with Crippen LogP contribution in [0, 0.1) is 13.8 Å². The first-order chi connectivity index (χ1) is 12.2. The van der Waals surface area contributed by atoms with E-state index >= 15 is 0 Å². The van der Waals surface area contributed by atoms with Crippen LogP contribution in [0.3, 0.4) is 0 Å². The van der Waals surface area contributed by atoms with Crippen molar-refractivity contribution in [2.24, 2.45) is 7.05 Å². The van der Waals surface area contributed by atoms with E-state index in [0.29, 0.717) is 5.65 Å². The van der Waals surface area contributed by atoms with Crippen molar-refractivity contribution in [2.45, 2.75) is 45.1 Å². The molecule has 7 nitrogen and oxygen atoms in total. The highest BCUT2D eigenvalue weighted by Crippen LogP contribution is 2.32. The quantitative estimate of drug-likeness (QED) is 0.666. The molecule has 3 aromatic heterocycles. The normalized spacial score (nSPS) is 13.7. The Bertz CT molecular complexity index is 1070. The van der Waals surface area contributed by atoms with Gasteiger partial charge in [0.25, 0.3) is 0 Å². The van der Waals surface area contributed by atoms with Gasteiger partial charge in [0.15, 0.2) is 5.65 Å². The fourth-order valence-electron chi connectivity index (χ4n) is 2.97. The monoisotopic (exact) mass is 393 g/mol. The van der Waals surface area contributed by atoms with Crippen molar-refractivity contribution in [3.8, 4) is 0 Å². The summed E-state index contributed by atoms with van der Waals surface area (Å²) < 4.78 is 29.3. The van der Waals surface area contributed by atoms with Crippen molar-refractivity contribution in [2.75, 3.05) is 7.05 Å². The molecule has 0 N–H and O–H groups in total. The molecule has 0 amide bonds. The van der Waals surface area contributed by atoms with E-state index in [2.05, 4.69) is 15.1 Å². The molecule has 0 unspecified atom stereocenters. The molecule has 1 atom stereocenters. The number of pyridine rings is 1. The average molecular weight is 394 g/mol. The topological polar surface area (TPSA) is 81.0 Å². The van der Waals surface area contributed by atoms with Crippen molar-refractivity contribution in [3.05, 3.63) is 33.5 Å². The Hall–Kier alpha value is -1.84. The zero-order chi connectivity index (χ0) is 19.2. The lowest BCUT2D eigenvalue weighted by Crippen LogP contribution is -2.29. The summed E-state index contributed by atoms with van der Waals surface area (Å²) in [5.41, 5.74) is 2.31. The molecule has 0 saturated heterocycles. The van der Waals surface area contributed by atoms with Crippen LogP contribution >= 0.6 is 11.3 Å². The number of thiazole rings is 1. The minimum atomic E-state index is -3.69. The van der Waals surface area contributed by atoms with E-state index in [1.165, 1.54) is 10.5 Å². The molecule has 0 bridgehead atoms. The van der Waals surface area contributed by atoms with Gasteiger partial charge in [0.1, 0.15) is 4.90 Å². The van der Waals surface area contributed by atoms with Gasteiger partial charge >= 0.3 is 0 Å². The van der Waals surface area contributed by atoms with Crippen LogP contribution in [-0.4, -0.2) is 39.5 Å². The molecule has 0 spiro atoms. The Labute approximate surface area is 157 Å². The van der Waals surface area contributed by atoms with Crippen molar-refractivity contribution in [3.63, 3.8) is 0 Å². The van der Waals surface area contributed by atoms with Gasteiger partial charge < -0.3 is 0 Å². The SMILES string of the molecule is CCc1nc(C)c([C@@H](C)N(C)S(=O)(=O)c2cnc3c(c2)c(C)nn3C)s1. The molecule has 0 radical (unpaired) electrons. The second kappa shape index (κ2) is 6.71. The minimum absolute atomic E-state index is 0.174. The molecule has 3 aromatic rings. The fraction of sp³-hybridized carbons (Fsp3) is 0.471. The maximum absolute atomic E-state index is 13.1. The van der Waals surface area contributed by atoms with Gasteiger partial charge in [0.05, 0.1) is 22.4 Å². The van der Waals surface area contributed by atoms with Crippen molar-refractivity contribution < 1.29 is 8.42 Å². The summed E-state index contributed by atoms with van der Waals surface area (Å²) in [5.74, 6) is 0. The molecule has 26 heavy (non-hydrogen) atoms. The molecule has 9 heteroatoms. The smallest absolute Gasteiger partial charge is 0.244 e. The Kier molecular flexibility index (Phi) is 4.89. The largest absolute Gasteiger partial charge is 0.250 e. The highest BCUT2D eigenvalue weighted by atomic mass is 32.2. The highest BCUT2D eigenvalue weighted by molar-refractivity contribution is 7.89. The summed E-state index contributed by atoms with van der Waals surface area (Å²) in [5, 5.41) is 6.07. The Morgan fingerprint density at radius 2 is 2.00 bits per heavy atom. The molecule has 0 aliphatic rings. The van der Waals surface area contributed by atoms with E-state index in [4.69, 9.17) is 0 Å². The van der Waals surface area contributed by atoms with E-state index in [9.17, 15) is 8.42 Å². The Balaban J connectivity index is 2.01. The third kappa shape index (κ3) is 3.04. The number of fused-ring (bicyclic) bond motifs is 1. The van der Waals surface area contributed by atoms with E-state index in [1.54, 1.807) is 36.2 Å². The van der Waals surface area contributed by atoms with Crippen molar-refractivity contribution >= 4 is 32.4 Å². The van der Waals surface area contributed by atoms with Gasteiger partial charge in [-0.15, -0.1) is 11.3 Å². The second-order valence-corrected chi connectivity index (χ2v) is 9.47. The summed E-state index contributed by atoms with van der Waals surface area (Å²) in [6.07, 6.45) is 2.24. The minimum Gasteiger partial charge on any atom is -0.250 e. The molecule has 0 fully saturated rings. The zero-order valence-electron chi connectivity index (χ0n) is 15.8. The predicted molar refractivity (Wildman–Crippen MR) is 103 cm³/mol. The van der Waals surface area contributed by atoms with Crippen LogP contribution < -0.4 is 0 Å². The van der Waals surface area contributed by atoms with Crippen molar-refractivity contribution in [1.29, 1.82) is 0 Å². The van der Waals surface area contributed by atoms with E-state index in [0.717, 1.165) is 33.1 Å². The first kappa shape index (κ1) is 18.9. The zero-order valence-corrected chi connectivity index (χ0v) is 17.4. The maximum atomic E-state index is 13.1. The summed E-state index contributed by atoms with van der Waals surface area (Å²) in [7, 11) is -0.290. The van der Waals surface area contributed by atoms with E-state index < -0.39 is 10.0 Å². The van der Waals surface area contributed by atoms with Crippen LogP contribution in [0.15, 0.2) is 17.2 Å². The van der Waals surface area contributed by atoms with Crippen LogP contribution in [0.1, 0.15) is 41.2 Å². The molecule has 0 aliphatic heterocycles. The molecule has 3 rings (SSSR count). The van der Waals surface area contributed by atoms with Crippen LogP contribution in [-0.2, 0) is 23.5 Å². The number of sulfonamides is 1. The molecular formula is C17H23N5O2S2. The first-order valence-electron chi connectivity index (χ1n) is 8.40. The number of aromatic nitrogens is 4. The van der Waals surface area contributed by atoms with Gasteiger partial charge in [-0.3, -0.25) is 4.68 Å². The number of aryl methyl sites for hydroxylation is 4. The molecule has 3 heterocycles. The van der Waals surface area contributed by atoms with Gasteiger partial charge in [-0.05, 0) is 33.3 Å². The maximum Gasteiger partial charge on any atom is 0.244 e. The van der Waals surface area contributed by atoms with Gasteiger partial charge in [0.2, 0.25) is 10.0 Å². The highest BCUT2D eigenvalue weighted by Gasteiger charge is 2.29. The van der Waals surface area contributed by atoms with Gasteiger partial charge in [-0.1, -0.05) is 6.92 Å². The second-order valence-electron chi connectivity index (χ2n) is 6.36. The van der Waals surface area contributed by atoms with Crippen LogP contribution in [0.5, 0.6) is 0 Å². The first-order valence-corrected chi connectivity index (χ1v) is 10.7. The lowest BCUT2D eigenvalue weighted by Gasteiger charge is -2.23. The van der Waals surface area contributed by atoms with Crippen LogP contribution in [0.4, 0.5) is 0 Å². The average Bonchev–Trinajstić information content (AvgIpc) is 3.13. The summed E-state index contributed by atoms with van der Waals surface area (Å²) in [6.45, 7) is 7.71. The molecule has 140 valence electrons. The number of rotatable bonds is 5. The van der Waals surface area contributed by atoms with Crippen molar-refractivity contribution in [1.82, 2.24) is 24.1 Å². The molecule has 0 aromatic carbocycles. The summed E-state index contributed by atoms with van der Waals surface area (Å²) in [4.78, 5) is 9.96. The molecule has 0 saturated carbocycles. The lowest BCUT2D eigenvalue weighted by molar-refractivity contribution is 0.401. The van der Waals surface area contributed by atoms with E-state index in [-0.39, 0.29) is 10.9 Å². The van der Waals surface area contributed by atoms with Gasteiger partial charge in [-0.25, -0.2) is 18.4 Å². The van der Waals surface area contributed by atoms with Crippen LogP contribution in [0.25, 0.3) is 11.0 Å². The Morgan fingerprint density at radius 3 is 2.62 bits per heavy atom. The fourth-order valence-corrected chi connectivity index (χ4v) is 5.45. The van der Waals surface area contributed by atoms with E-state index in [1.807, 2.05) is 27.7 Å². The molecular weight excluding hydrogens is 370 g/mol. The summed E-state index contributed by atoms with van der Waals surface area (Å²) in [6, 6.07) is 1.35. The standard InChI is InChI=1S/C17H23N5O2S2/c1-7-15-19-11(3)16(25-15)12(4)22(6)26(23,24)13-8-14-10(2)20-21(5)17(14)18-9-13/h8-9,12H,7H2,1-6H3/t12-/m1/s1. The number of hydrogen-bond acceptors (Lipinski definition) is 6. The number of hydrogen-bond donors (Lipinski definition) is 0. The third-order valence-electron chi connectivity index (χ3n) is 4.62. The van der Waals surface area contributed by atoms with Gasteiger partial charge in [0, 0.05) is 30.6 Å². The predicted octanol–water partition coefficient (Wildman–Crippen LogP) is 2.99. The lowest BCUT2D eigenvalue weighted by atomic mass is 10.2. The molecule has 0 aliphatic carbocycles. The number of nitrogens with zero attached hydrogens (tertiary/aromatic N) is 5. The summed E-state index contributed by atoms with van der Waals surface area (Å²) >= 11 is 1.57.